The molecule has 1 saturated heterocycles. The first-order valence-electron chi connectivity index (χ1n) is 10.5. The van der Waals surface area contributed by atoms with Gasteiger partial charge in [0.1, 0.15) is 16.9 Å². The maximum Gasteiger partial charge on any atom is 0.257 e. The number of rotatable bonds is 5. The predicted octanol–water partition coefficient (Wildman–Crippen LogP) is 2.87. The van der Waals surface area contributed by atoms with Crippen molar-refractivity contribution < 1.29 is 9.53 Å². The second-order valence-electron chi connectivity index (χ2n) is 7.67. The molecule has 0 unspecified atom stereocenters. The molecule has 1 fully saturated rings. The molecule has 1 aliphatic rings. The first kappa shape index (κ1) is 20.7. The van der Waals surface area contributed by atoms with Gasteiger partial charge < -0.3 is 15.8 Å². The summed E-state index contributed by atoms with van der Waals surface area (Å²) in [6, 6.07) is 14.8. The zero-order valence-electron chi connectivity index (χ0n) is 17.4. The van der Waals surface area contributed by atoms with Crippen LogP contribution >= 0.6 is 11.6 Å². The van der Waals surface area contributed by atoms with E-state index in [9.17, 15) is 4.79 Å². The highest BCUT2D eigenvalue weighted by atomic mass is 35.5. The van der Waals surface area contributed by atoms with E-state index in [4.69, 9.17) is 32.0 Å². The Morgan fingerprint density at radius 2 is 1.84 bits per heavy atom. The van der Waals surface area contributed by atoms with Crippen molar-refractivity contribution in [1.82, 2.24) is 24.8 Å². The monoisotopic (exact) mass is 450 g/mol. The van der Waals surface area contributed by atoms with E-state index in [0.29, 0.717) is 33.8 Å². The van der Waals surface area contributed by atoms with E-state index >= 15 is 0 Å². The van der Waals surface area contributed by atoms with Crippen LogP contribution in [-0.2, 0) is 4.74 Å². The van der Waals surface area contributed by atoms with Crippen LogP contribution in [0, 0.1) is 0 Å². The lowest BCUT2D eigenvalue weighted by Gasteiger charge is -2.26. The fraction of sp³-hybridized carbons (Fsp3) is 0.261. The summed E-state index contributed by atoms with van der Waals surface area (Å²) in [7, 11) is 0. The molecule has 4 aromatic rings. The van der Waals surface area contributed by atoms with Crippen molar-refractivity contribution in [3.63, 3.8) is 0 Å². The number of nitrogens with zero attached hydrogens (tertiary/aromatic N) is 4. The molecule has 0 radical (unpaired) electrons. The van der Waals surface area contributed by atoms with Crippen LogP contribution < -0.4 is 11.1 Å². The first-order valence-corrected chi connectivity index (χ1v) is 10.9. The Balaban J connectivity index is 1.55. The third-order valence-electron chi connectivity index (χ3n) is 5.61. The summed E-state index contributed by atoms with van der Waals surface area (Å²) in [4.78, 5) is 25.0. The van der Waals surface area contributed by atoms with Crippen LogP contribution in [0.1, 0.15) is 10.4 Å². The molecule has 2 aromatic heterocycles. The number of amides is 1. The molecule has 8 nitrogen and oxygen atoms in total. The Morgan fingerprint density at radius 1 is 1.09 bits per heavy atom. The Kier molecular flexibility index (Phi) is 5.65. The molecule has 1 aliphatic heterocycles. The van der Waals surface area contributed by atoms with Gasteiger partial charge in [0.25, 0.3) is 5.91 Å². The van der Waals surface area contributed by atoms with Crippen LogP contribution in [0.4, 0.5) is 5.82 Å². The molecule has 5 rings (SSSR count). The third-order valence-corrected chi connectivity index (χ3v) is 5.84. The third kappa shape index (κ3) is 3.88. The van der Waals surface area contributed by atoms with Crippen molar-refractivity contribution in [2.75, 3.05) is 45.1 Å². The van der Waals surface area contributed by atoms with E-state index < -0.39 is 0 Å². The Hall–Kier alpha value is -3.20. The molecule has 0 atom stereocenters. The average molecular weight is 451 g/mol. The quantitative estimate of drug-likeness (QED) is 0.485. The molecule has 9 heteroatoms. The van der Waals surface area contributed by atoms with Crippen LogP contribution in [0.2, 0.25) is 5.02 Å². The van der Waals surface area contributed by atoms with E-state index in [0.717, 1.165) is 44.1 Å². The van der Waals surface area contributed by atoms with Crippen molar-refractivity contribution >= 4 is 45.5 Å². The van der Waals surface area contributed by atoms with Gasteiger partial charge in [0.05, 0.1) is 29.9 Å². The second-order valence-corrected chi connectivity index (χ2v) is 8.11. The number of fused-ring (bicyclic) bond motifs is 2. The van der Waals surface area contributed by atoms with Gasteiger partial charge >= 0.3 is 0 Å². The summed E-state index contributed by atoms with van der Waals surface area (Å²) >= 11 is 6.22. The number of ether oxygens (including phenoxy) is 1. The standard InChI is InChI=1S/C23H23ClN6O2/c24-15-4-3-5-16(14-15)30-21(25)19(23(31)26-8-9-29-10-12-32-13-11-29)20-22(30)28-18-7-2-1-6-17(18)27-20/h1-7,14H,8-13,25H2,(H,26,31). The van der Waals surface area contributed by atoms with Gasteiger partial charge in [-0.25, -0.2) is 9.97 Å². The number of hydrogen-bond acceptors (Lipinski definition) is 6. The number of carbonyl (C=O) groups excluding carboxylic acids is 1. The normalized spacial score (nSPS) is 14.8. The molecule has 3 heterocycles. The number of benzene rings is 2. The van der Waals surface area contributed by atoms with E-state index in [1.165, 1.54) is 0 Å². The highest BCUT2D eigenvalue weighted by molar-refractivity contribution is 6.30. The first-order chi connectivity index (χ1) is 15.6. The number of nitrogens with one attached hydrogen (secondary N) is 1. The van der Waals surface area contributed by atoms with E-state index in [1.807, 2.05) is 36.4 Å². The number of para-hydroxylation sites is 2. The molecule has 0 saturated carbocycles. The maximum absolute atomic E-state index is 13.2. The minimum absolute atomic E-state index is 0.272. The SMILES string of the molecule is Nc1c(C(=O)NCCN2CCOCC2)c2nc3ccccc3nc2n1-c1cccc(Cl)c1. The van der Waals surface area contributed by atoms with Crippen molar-refractivity contribution in [3.8, 4) is 5.69 Å². The molecule has 164 valence electrons. The van der Waals surface area contributed by atoms with Crippen LogP contribution in [-0.4, -0.2) is 64.7 Å². The summed E-state index contributed by atoms with van der Waals surface area (Å²) in [5.41, 5.74) is 9.97. The second kappa shape index (κ2) is 8.74. The van der Waals surface area contributed by atoms with Gasteiger partial charge in [-0.2, -0.15) is 0 Å². The minimum Gasteiger partial charge on any atom is -0.384 e. The molecular weight excluding hydrogens is 428 g/mol. The topological polar surface area (TPSA) is 98.3 Å². The predicted molar refractivity (Wildman–Crippen MR) is 125 cm³/mol. The number of aromatic nitrogens is 3. The molecular formula is C23H23ClN6O2. The number of carbonyl (C=O) groups is 1. The van der Waals surface area contributed by atoms with Crippen molar-refractivity contribution in [2.45, 2.75) is 0 Å². The number of anilines is 1. The van der Waals surface area contributed by atoms with E-state index in [2.05, 4.69) is 10.2 Å². The zero-order chi connectivity index (χ0) is 22.1. The van der Waals surface area contributed by atoms with Crippen LogP contribution in [0.25, 0.3) is 27.9 Å². The van der Waals surface area contributed by atoms with Crippen molar-refractivity contribution in [2.24, 2.45) is 0 Å². The fourth-order valence-electron chi connectivity index (χ4n) is 4.00. The van der Waals surface area contributed by atoms with Gasteiger partial charge in [-0.05, 0) is 30.3 Å². The Morgan fingerprint density at radius 3 is 2.59 bits per heavy atom. The van der Waals surface area contributed by atoms with E-state index in [1.54, 1.807) is 16.7 Å². The minimum atomic E-state index is -0.272. The summed E-state index contributed by atoms with van der Waals surface area (Å²) in [6.07, 6.45) is 0. The van der Waals surface area contributed by atoms with Gasteiger partial charge in [-0.3, -0.25) is 14.3 Å². The van der Waals surface area contributed by atoms with Gasteiger partial charge in [0, 0.05) is 31.2 Å². The van der Waals surface area contributed by atoms with Crippen LogP contribution in [0.3, 0.4) is 0 Å². The van der Waals surface area contributed by atoms with Gasteiger partial charge in [0.15, 0.2) is 5.65 Å². The summed E-state index contributed by atoms with van der Waals surface area (Å²) in [6.45, 7) is 4.42. The highest BCUT2D eigenvalue weighted by Crippen LogP contribution is 2.31. The largest absolute Gasteiger partial charge is 0.384 e. The zero-order valence-corrected chi connectivity index (χ0v) is 18.2. The van der Waals surface area contributed by atoms with Crippen molar-refractivity contribution in [1.29, 1.82) is 0 Å². The molecule has 1 amide bonds. The Bertz CT molecular complexity index is 1300. The van der Waals surface area contributed by atoms with Gasteiger partial charge in [-0.1, -0.05) is 29.8 Å². The van der Waals surface area contributed by atoms with Gasteiger partial charge in [-0.15, -0.1) is 0 Å². The molecule has 2 aromatic carbocycles. The van der Waals surface area contributed by atoms with Crippen molar-refractivity contribution in [3.05, 3.63) is 59.1 Å². The fourth-order valence-corrected chi connectivity index (χ4v) is 4.19. The van der Waals surface area contributed by atoms with Crippen LogP contribution in [0.5, 0.6) is 0 Å². The van der Waals surface area contributed by atoms with Gasteiger partial charge in [0.2, 0.25) is 0 Å². The number of nitrogens with two attached hydrogens (primary N) is 1. The lowest BCUT2D eigenvalue weighted by molar-refractivity contribution is 0.0383. The summed E-state index contributed by atoms with van der Waals surface area (Å²) in [5, 5.41) is 3.56. The number of hydrogen-bond donors (Lipinski definition) is 2. The molecule has 0 bridgehead atoms. The van der Waals surface area contributed by atoms with E-state index in [-0.39, 0.29) is 11.7 Å². The number of nitrogen functional groups attached to an aromatic ring is 1. The maximum atomic E-state index is 13.2. The molecule has 3 N–H and O–H groups in total. The highest BCUT2D eigenvalue weighted by Gasteiger charge is 2.25. The number of halogens is 1. The smallest absolute Gasteiger partial charge is 0.257 e. The summed E-state index contributed by atoms with van der Waals surface area (Å²) < 4.78 is 7.11. The molecule has 0 aliphatic carbocycles. The number of morpholine rings is 1. The molecule has 0 spiro atoms. The average Bonchev–Trinajstić information content (AvgIpc) is 3.08. The lowest BCUT2D eigenvalue weighted by Crippen LogP contribution is -2.41. The Labute approximate surface area is 189 Å². The summed E-state index contributed by atoms with van der Waals surface area (Å²) in [5.74, 6) is 0.00700. The van der Waals surface area contributed by atoms with Crippen LogP contribution in [0.15, 0.2) is 48.5 Å². The lowest BCUT2D eigenvalue weighted by atomic mass is 10.2. The molecule has 32 heavy (non-hydrogen) atoms.